The van der Waals surface area contributed by atoms with E-state index in [4.69, 9.17) is 4.74 Å². The Kier molecular flexibility index (Phi) is 8.49. The molecule has 0 radical (unpaired) electrons. The van der Waals surface area contributed by atoms with Gasteiger partial charge in [-0.1, -0.05) is 30.3 Å². The summed E-state index contributed by atoms with van der Waals surface area (Å²) in [5.74, 6) is -1.07. The largest absolute Gasteiger partial charge is 0.463 e. The lowest BCUT2D eigenvalue weighted by Crippen LogP contribution is -2.56. The number of piperazine rings is 1. The third-order valence-electron chi connectivity index (χ3n) is 6.81. The van der Waals surface area contributed by atoms with Gasteiger partial charge in [-0.15, -0.1) is 0 Å². The quantitative estimate of drug-likeness (QED) is 0.513. The number of esters is 1. The van der Waals surface area contributed by atoms with Crippen LogP contribution in [0, 0.1) is 5.82 Å². The number of rotatable bonds is 8. The van der Waals surface area contributed by atoms with Crippen LogP contribution in [0.2, 0.25) is 0 Å². The number of benzene rings is 2. The van der Waals surface area contributed by atoms with Gasteiger partial charge in [-0.2, -0.15) is 4.31 Å². The highest BCUT2D eigenvalue weighted by molar-refractivity contribution is 7.89. The number of carbonyl (C=O) groups excluding carboxylic acids is 2. The molecule has 1 fully saturated rings. The Bertz CT molecular complexity index is 1320. The van der Waals surface area contributed by atoms with Crippen molar-refractivity contribution < 1.29 is 27.1 Å². The molecule has 0 aliphatic carbocycles. The minimum absolute atomic E-state index is 0.138. The Morgan fingerprint density at radius 2 is 1.84 bits per heavy atom. The van der Waals surface area contributed by atoms with Crippen molar-refractivity contribution in [3.63, 3.8) is 0 Å². The van der Waals surface area contributed by atoms with Crippen molar-refractivity contribution in [1.29, 1.82) is 0 Å². The van der Waals surface area contributed by atoms with E-state index in [1.54, 1.807) is 50.2 Å². The minimum atomic E-state index is -3.66. The maximum absolute atomic E-state index is 14.1. The van der Waals surface area contributed by atoms with E-state index < -0.39 is 33.9 Å². The van der Waals surface area contributed by atoms with Crippen LogP contribution < -0.4 is 5.32 Å². The van der Waals surface area contributed by atoms with Crippen LogP contribution >= 0.6 is 0 Å². The molecule has 2 heterocycles. The van der Waals surface area contributed by atoms with Gasteiger partial charge < -0.3 is 10.1 Å². The summed E-state index contributed by atoms with van der Waals surface area (Å²) in [5.41, 5.74) is 1.14. The van der Waals surface area contributed by atoms with Crippen molar-refractivity contribution in [2.75, 3.05) is 39.3 Å². The van der Waals surface area contributed by atoms with Crippen LogP contribution in [-0.2, 0) is 19.6 Å². The Labute approximate surface area is 222 Å². The summed E-state index contributed by atoms with van der Waals surface area (Å²) in [6.45, 7) is 7.07. The van der Waals surface area contributed by atoms with Crippen LogP contribution in [0.1, 0.15) is 32.4 Å². The van der Waals surface area contributed by atoms with E-state index in [9.17, 15) is 22.4 Å². The van der Waals surface area contributed by atoms with E-state index in [2.05, 4.69) is 5.32 Å². The van der Waals surface area contributed by atoms with Crippen LogP contribution in [0.5, 0.6) is 0 Å². The first kappa shape index (κ1) is 27.7. The standard InChI is InChI=1S/C27H33FN4O5S/c1-4-31-23(18-30-14-15-32(19(3)17-30)38(35,36)22-12-7-6-8-13-22)24(26(33)37-5-2)25(29-27(31)34)20-10-9-11-21(28)16-20/h6-13,16,19,25H,4-5,14-15,17-18H2,1-3H3,(H,29,34)/t19-,25+/m0/s1. The lowest BCUT2D eigenvalue weighted by atomic mass is 9.94. The van der Waals surface area contributed by atoms with Crippen molar-refractivity contribution in [2.45, 2.75) is 37.8 Å². The zero-order valence-electron chi connectivity index (χ0n) is 21.8. The second-order valence-corrected chi connectivity index (χ2v) is 11.2. The van der Waals surface area contributed by atoms with Crippen molar-refractivity contribution in [3.05, 3.63) is 77.2 Å². The van der Waals surface area contributed by atoms with Gasteiger partial charge in [0.2, 0.25) is 10.0 Å². The van der Waals surface area contributed by atoms with Gasteiger partial charge in [-0.05, 0) is 50.6 Å². The van der Waals surface area contributed by atoms with Gasteiger partial charge >= 0.3 is 12.0 Å². The molecule has 4 rings (SSSR count). The number of carbonyl (C=O) groups is 2. The highest BCUT2D eigenvalue weighted by Gasteiger charge is 2.40. The number of sulfonamides is 1. The molecule has 2 aromatic rings. The molecule has 38 heavy (non-hydrogen) atoms. The fraction of sp³-hybridized carbons (Fsp3) is 0.407. The average Bonchev–Trinajstić information content (AvgIpc) is 2.89. The van der Waals surface area contributed by atoms with Crippen LogP contribution in [0.25, 0.3) is 0 Å². The highest BCUT2D eigenvalue weighted by Crippen LogP contribution is 2.33. The number of likely N-dealkylation sites (N-methyl/N-ethyl adjacent to an activating group) is 1. The van der Waals surface area contributed by atoms with Crippen LogP contribution in [0.15, 0.2) is 70.8 Å². The predicted octanol–water partition coefficient (Wildman–Crippen LogP) is 3.12. The third-order valence-corrected chi connectivity index (χ3v) is 8.83. The summed E-state index contributed by atoms with van der Waals surface area (Å²) in [4.78, 5) is 30.1. The van der Waals surface area contributed by atoms with Gasteiger partial charge in [0, 0.05) is 44.5 Å². The predicted molar refractivity (Wildman–Crippen MR) is 140 cm³/mol. The number of nitrogens with zero attached hydrogens (tertiary/aromatic N) is 3. The van der Waals surface area contributed by atoms with Gasteiger partial charge in [0.05, 0.1) is 23.1 Å². The van der Waals surface area contributed by atoms with Crippen molar-refractivity contribution in [3.8, 4) is 0 Å². The molecule has 2 atom stereocenters. The molecule has 0 unspecified atom stereocenters. The maximum Gasteiger partial charge on any atom is 0.338 e. The normalized spacial score (nSPS) is 21.4. The molecule has 0 aromatic heterocycles. The van der Waals surface area contributed by atoms with Crippen molar-refractivity contribution in [2.24, 2.45) is 0 Å². The molecule has 2 aliphatic rings. The summed E-state index contributed by atoms with van der Waals surface area (Å²) in [6, 6.07) is 12.5. The van der Waals surface area contributed by atoms with Gasteiger partial charge in [0.25, 0.3) is 0 Å². The van der Waals surface area contributed by atoms with E-state index in [1.165, 1.54) is 27.4 Å². The first-order chi connectivity index (χ1) is 18.2. The Hall–Kier alpha value is -3.28. The molecule has 1 saturated heterocycles. The second kappa shape index (κ2) is 11.6. The number of nitrogens with one attached hydrogen (secondary N) is 1. The molecule has 9 nitrogen and oxygen atoms in total. The Balaban J connectivity index is 1.66. The lowest BCUT2D eigenvalue weighted by molar-refractivity contribution is -0.139. The lowest BCUT2D eigenvalue weighted by Gasteiger charge is -2.42. The monoisotopic (exact) mass is 544 g/mol. The first-order valence-corrected chi connectivity index (χ1v) is 14.1. The number of hydrogen-bond acceptors (Lipinski definition) is 6. The SMILES string of the molecule is CCOC(=O)C1=C(CN2CCN(S(=O)(=O)c3ccccc3)[C@@H](C)C2)N(CC)C(=O)N[C@@H]1c1cccc(F)c1. The van der Waals surface area contributed by atoms with Gasteiger partial charge in [0.15, 0.2) is 0 Å². The summed E-state index contributed by atoms with van der Waals surface area (Å²) in [5, 5.41) is 2.83. The number of halogens is 1. The van der Waals surface area contributed by atoms with Crippen LogP contribution in [-0.4, -0.2) is 79.9 Å². The Morgan fingerprint density at radius 1 is 1.11 bits per heavy atom. The van der Waals surface area contributed by atoms with Gasteiger partial charge in [-0.3, -0.25) is 9.80 Å². The summed E-state index contributed by atoms with van der Waals surface area (Å²) in [6.07, 6.45) is 0. The number of ether oxygens (including phenoxy) is 1. The van der Waals surface area contributed by atoms with E-state index in [0.29, 0.717) is 30.9 Å². The molecule has 204 valence electrons. The molecule has 0 saturated carbocycles. The average molecular weight is 545 g/mol. The smallest absolute Gasteiger partial charge is 0.338 e. The molecular formula is C27H33FN4O5S. The van der Waals surface area contributed by atoms with E-state index in [-0.39, 0.29) is 36.2 Å². The molecule has 0 spiro atoms. The third kappa shape index (κ3) is 5.59. The molecule has 2 aliphatic heterocycles. The van der Waals surface area contributed by atoms with Gasteiger partial charge in [0.1, 0.15) is 5.82 Å². The second-order valence-electron chi connectivity index (χ2n) is 9.28. The molecule has 2 aromatic carbocycles. The number of urea groups is 1. The topological polar surface area (TPSA) is 99.3 Å². The molecule has 0 bridgehead atoms. The zero-order chi connectivity index (χ0) is 27.4. The zero-order valence-corrected chi connectivity index (χ0v) is 22.6. The first-order valence-electron chi connectivity index (χ1n) is 12.7. The molecule has 11 heteroatoms. The summed E-state index contributed by atoms with van der Waals surface area (Å²) in [7, 11) is -3.66. The van der Waals surface area contributed by atoms with Crippen LogP contribution in [0.3, 0.4) is 0 Å². The fourth-order valence-corrected chi connectivity index (χ4v) is 6.68. The van der Waals surface area contributed by atoms with Crippen LogP contribution in [0.4, 0.5) is 9.18 Å². The molecular weight excluding hydrogens is 511 g/mol. The van der Waals surface area contributed by atoms with E-state index in [0.717, 1.165) is 0 Å². The Morgan fingerprint density at radius 3 is 2.47 bits per heavy atom. The van der Waals surface area contributed by atoms with Gasteiger partial charge in [-0.25, -0.2) is 22.4 Å². The highest BCUT2D eigenvalue weighted by atomic mass is 32.2. The summed E-state index contributed by atoms with van der Waals surface area (Å²) < 4.78 is 47.4. The number of amides is 2. The molecule has 2 amide bonds. The van der Waals surface area contributed by atoms with E-state index >= 15 is 0 Å². The minimum Gasteiger partial charge on any atom is -0.463 e. The fourth-order valence-electron chi connectivity index (χ4n) is 5.05. The van der Waals surface area contributed by atoms with E-state index in [1.807, 2.05) is 11.8 Å². The number of hydrogen-bond donors (Lipinski definition) is 1. The maximum atomic E-state index is 14.1. The summed E-state index contributed by atoms with van der Waals surface area (Å²) >= 11 is 0. The van der Waals surface area contributed by atoms with Crippen molar-refractivity contribution >= 4 is 22.0 Å². The molecule has 1 N–H and O–H groups in total. The van der Waals surface area contributed by atoms with Crippen molar-refractivity contribution in [1.82, 2.24) is 19.4 Å².